The molecule has 1 aromatic rings. The first-order chi connectivity index (χ1) is 13.1. The molecule has 1 N–H and O–H groups in total. The molecule has 0 aromatic heterocycles. The van der Waals surface area contributed by atoms with Crippen molar-refractivity contribution in [1.29, 1.82) is 0 Å². The highest BCUT2D eigenvalue weighted by Gasteiger charge is 2.81. The molecule has 4 fully saturated rings. The fraction of sp³-hybridized carbons (Fsp3) is 0.625. The number of aliphatic hydroxyl groups is 1. The van der Waals surface area contributed by atoms with Crippen LogP contribution in [0.4, 0.5) is 0 Å². The molecule has 2 saturated heterocycles. The van der Waals surface area contributed by atoms with Gasteiger partial charge in [0.25, 0.3) is 0 Å². The molecular formula is C24H29NO2. The summed E-state index contributed by atoms with van der Waals surface area (Å²) in [4.78, 5) is 16.0. The number of hydrogen-bond acceptors (Lipinski definition) is 2. The number of carbonyl (C=O) groups excluding carboxylic acids is 1. The summed E-state index contributed by atoms with van der Waals surface area (Å²) in [5.41, 5.74) is 1.37. The molecule has 0 radical (unpaired) electrons. The fourth-order valence-corrected chi connectivity index (χ4v) is 8.56. The molecule has 142 valence electrons. The van der Waals surface area contributed by atoms with Crippen molar-refractivity contribution in [3.63, 3.8) is 0 Å². The number of nitrogens with zero attached hydrogens (tertiary/aromatic N) is 1. The minimum Gasteiger partial charge on any atom is -0.396 e. The maximum absolute atomic E-state index is 13.8. The molecular weight excluding hydrogens is 334 g/mol. The SMILES string of the molecule is C[C@]12CCCC[C@]13C=C[C@@]2(c1ccccc1)[C@@H]1C(=O)N2CC[C@H](CO)[C@H]2[C@@H]13. The predicted molar refractivity (Wildman–Crippen MR) is 104 cm³/mol. The van der Waals surface area contributed by atoms with Gasteiger partial charge in [-0.2, -0.15) is 0 Å². The lowest BCUT2D eigenvalue weighted by atomic mass is 9.52. The van der Waals surface area contributed by atoms with Gasteiger partial charge in [-0.1, -0.05) is 62.2 Å². The number of allylic oxidation sites excluding steroid dienone is 2. The predicted octanol–water partition coefficient (Wildman–Crippen LogP) is 3.53. The van der Waals surface area contributed by atoms with E-state index in [2.05, 4.69) is 54.3 Å². The molecule has 5 aliphatic rings. The van der Waals surface area contributed by atoms with Crippen LogP contribution in [0, 0.1) is 28.6 Å². The van der Waals surface area contributed by atoms with E-state index in [1.807, 2.05) is 0 Å². The molecule has 0 spiro atoms. The third-order valence-corrected chi connectivity index (χ3v) is 9.53. The van der Waals surface area contributed by atoms with E-state index in [0.29, 0.717) is 11.8 Å². The van der Waals surface area contributed by atoms with Gasteiger partial charge in [-0.15, -0.1) is 0 Å². The molecule has 1 aromatic carbocycles. The van der Waals surface area contributed by atoms with Gasteiger partial charge in [-0.05, 0) is 30.2 Å². The number of aliphatic hydroxyl groups excluding tert-OH is 1. The van der Waals surface area contributed by atoms with Gasteiger partial charge in [-0.3, -0.25) is 4.79 Å². The van der Waals surface area contributed by atoms with Crippen LogP contribution < -0.4 is 0 Å². The van der Waals surface area contributed by atoms with Gasteiger partial charge in [0.2, 0.25) is 5.91 Å². The first kappa shape index (κ1) is 16.4. The van der Waals surface area contributed by atoms with Crippen LogP contribution in [0.15, 0.2) is 42.5 Å². The number of fused-ring (bicyclic) bond motifs is 4. The Hall–Kier alpha value is -1.61. The number of amides is 1. The maximum atomic E-state index is 13.8. The van der Waals surface area contributed by atoms with Gasteiger partial charge in [0.1, 0.15) is 0 Å². The normalized spacial score (nSPS) is 49.4. The lowest BCUT2D eigenvalue weighted by Gasteiger charge is -2.52. The summed E-state index contributed by atoms with van der Waals surface area (Å²) in [7, 11) is 0. The average Bonchev–Trinajstić information content (AvgIpc) is 3.37. The summed E-state index contributed by atoms with van der Waals surface area (Å²) in [6.45, 7) is 3.53. The minimum atomic E-state index is -0.180. The van der Waals surface area contributed by atoms with E-state index < -0.39 is 0 Å². The van der Waals surface area contributed by atoms with Gasteiger partial charge in [0, 0.05) is 41.9 Å². The molecule has 6 rings (SSSR count). The second kappa shape index (κ2) is 5.05. The molecule has 2 saturated carbocycles. The highest BCUT2D eigenvalue weighted by Crippen LogP contribution is 2.80. The molecule has 2 bridgehead atoms. The Morgan fingerprint density at radius 3 is 2.70 bits per heavy atom. The molecule has 3 aliphatic carbocycles. The van der Waals surface area contributed by atoms with Gasteiger partial charge in [0.15, 0.2) is 0 Å². The van der Waals surface area contributed by atoms with Crippen molar-refractivity contribution in [2.75, 3.05) is 13.2 Å². The first-order valence-corrected chi connectivity index (χ1v) is 10.8. The molecule has 0 unspecified atom stereocenters. The van der Waals surface area contributed by atoms with Crippen LogP contribution in [0.2, 0.25) is 0 Å². The molecule has 3 heteroatoms. The van der Waals surface area contributed by atoms with Crippen LogP contribution in [0.5, 0.6) is 0 Å². The lowest BCUT2D eigenvalue weighted by molar-refractivity contribution is -0.133. The Morgan fingerprint density at radius 2 is 1.93 bits per heavy atom. The summed E-state index contributed by atoms with van der Waals surface area (Å²) in [6, 6.07) is 11.1. The first-order valence-electron chi connectivity index (χ1n) is 10.8. The standard InChI is InChI=1S/C24H29NO2/c1-22-10-5-6-11-23(22)12-13-24(22,17-7-3-2-4-8-17)19-18(23)20-16(15-26)9-14-25(20)21(19)27/h2-4,7-8,12-13,16,18-20,26H,5-6,9-11,14-15H2,1H3/t16-,18-,19+,20+,22+,23-,24-/m1/s1. The smallest absolute Gasteiger partial charge is 0.227 e. The van der Waals surface area contributed by atoms with Crippen molar-refractivity contribution in [2.45, 2.75) is 50.5 Å². The van der Waals surface area contributed by atoms with E-state index in [0.717, 1.165) is 13.0 Å². The van der Waals surface area contributed by atoms with Crippen molar-refractivity contribution in [3.8, 4) is 0 Å². The average molecular weight is 364 g/mol. The molecule has 7 atom stereocenters. The summed E-state index contributed by atoms with van der Waals surface area (Å²) in [6.07, 6.45) is 10.9. The molecule has 2 heterocycles. The quantitative estimate of drug-likeness (QED) is 0.817. The van der Waals surface area contributed by atoms with Crippen molar-refractivity contribution in [1.82, 2.24) is 4.90 Å². The zero-order valence-electron chi connectivity index (χ0n) is 16.1. The van der Waals surface area contributed by atoms with Crippen LogP contribution in [0.25, 0.3) is 0 Å². The van der Waals surface area contributed by atoms with E-state index in [-0.39, 0.29) is 40.7 Å². The number of benzene rings is 1. The van der Waals surface area contributed by atoms with E-state index in [1.165, 1.54) is 31.2 Å². The number of hydrogen-bond donors (Lipinski definition) is 1. The highest BCUT2D eigenvalue weighted by molar-refractivity contribution is 5.87. The topological polar surface area (TPSA) is 40.5 Å². The third kappa shape index (κ3) is 1.53. The van der Waals surface area contributed by atoms with E-state index in [9.17, 15) is 9.90 Å². The monoisotopic (exact) mass is 363 g/mol. The van der Waals surface area contributed by atoms with Crippen molar-refractivity contribution < 1.29 is 9.90 Å². The molecule has 2 aliphatic heterocycles. The fourth-order valence-electron chi connectivity index (χ4n) is 8.56. The van der Waals surface area contributed by atoms with Gasteiger partial charge in [-0.25, -0.2) is 0 Å². The Bertz CT molecular complexity index is 834. The van der Waals surface area contributed by atoms with Crippen molar-refractivity contribution in [3.05, 3.63) is 48.0 Å². The maximum Gasteiger partial charge on any atom is 0.227 e. The largest absolute Gasteiger partial charge is 0.396 e. The molecule has 3 nitrogen and oxygen atoms in total. The highest BCUT2D eigenvalue weighted by atomic mass is 16.3. The van der Waals surface area contributed by atoms with Crippen LogP contribution >= 0.6 is 0 Å². The Balaban J connectivity index is 1.62. The van der Waals surface area contributed by atoms with Crippen LogP contribution in [0.1, 0.15) is 44.6 Å². The zero-order valence-corrected chi connectivity index (χ0v) is 16.1. The molecule has 27 heavy (non-hydrogen) atoms. The van der Waals surface area contributed by atoms with Crippen LogP contribution in [-0.4, -0.2) is 35.1 Å². The minimum absolute atomic E-state index is 0.0485. The van der Waals surface area contributed by atoms with E-state index in [4.69, 9.17) is 0 Å². The zero-order chi connectivity index (χ0) is 18.4. The third-order valence-electron chi connectivity index (χ3n) is 9.53. The summed E-state index contributed by atoms with van der Waals surface area (Å²) in [5, 5.41) is 10.1. The number of carbonyl (C=O) groups is 1. The van der Waals surface area contributed by atoms with Gasteiger partial charge >= 0.3 is 0 Å². The van der Waals surface area contributed by atoms with Gasteiger partial charge < -0.3 is 10.0 Å². The van der Waals surface area contributed by atoms with Crippen molar-refractivity contribution in [2.24, 2.45) is 28.6 Å². The molecule has 1 amide bonds. The lowest BCUT2D eigenvalue weighted by Crippen LogP contribution is -2.51. The van der Waals surface area contributed by atoms with Gasteiger partial charge in [0.05, 0.1) is 5.92 Å². The van der Waals surface area contributed by atoms with E-state index >= 15 is 0 Å². The van der Waals surface area contributed by atoms with E-state index in [1.54, 1.807) is 0 Å². The van der Waals surface area contributed by atoms with Crippen LogP contribution in [0.3, 0.4) is 0 Å². The van der Waals surface area contributed by atoms with Crippen molar-refractivity contribution >= 4 is 5.91 Å². The second-order valence-electron chi connectivity index (χ2n) is 9.90. The van der Waals surface area contributed by atoms with Crippen LogP contribution in [-0.2, 0) is 10.2 Å². The Morgan fingerprint density at radius 1 is 1.15 bits per heavy atom. The summed E-state index contributed by atoms with van der Waals surface area (Å²) < 4.78 is 0. The Kier molecular flexibility index (Phi) is 3.06. The second-order valence-corrected chi connectivity index (χ2v) is 9.90. The number of rotatable bonds is 2. The summed E-state index contributed by atoms with van der Waals surface area (Å²) in [5.74, 6) is 1.03. The Labute approximate surface area is 161 Å². The summed E-state index contributed by atoms with van der Waals surface area (Å²) >= 11 is 0.